The molecule has 0 aromatic heterocycles. The van der Waals surface area contributed by atoms with Crippen molar-refractivity contribution in [1.29, 1.82) is 0 Å². The maximum atomic E-state index is 11.5. The zero-order chi connectivity index (χ0) is 12.6. The molecule has 17 heavy (non-hydrogen) atoms. The minimum absolute atomic E-state index is 0.0785. The van der Waals surface area contributed by atoms with Crippen LogP contribution in [0.4, 0.5) is 0 Å². The lowest BCUT2D eigenvalue weighted by Gasteiger charge is -2.37. The smallest absolute Gasteiger partial charge is 0.154 e. The molecule has 2 aliphatic heterocycles. The number of nitrogens with zero attached hydrogens (tertiary/aromatic N) is 1. The number of nitrogens with two attached hydrogens (primary N) is 1. The third kappa shape index (κ3) is 2.99. The number of rotatable bonds is 2. The van der Waals surface area contributed by atoms with Crippen LogP contribution in [0.2, 0.25) is 0 Å². The van der Waals surface area contributed by atoms with E-state index in [9.17, 15) is 13.5 Å². The topological polar surface area (TPSA) is 83.6 Å². The molecule has 2 saturated heterocycles. The largest absolute Gasteiger partial charge is 0.390 e. The summed E-state index contributed by atoms with van der Waals surface area (Å²) in [5.74, 6) is 0.559. The normalized spacial score (nSPS) is 37.1. The zero-order valence-corrected chi connectivity index (χ0v) is 11.1. The van der Waals surface area contributed by atoms with Gasteiger partial charge >= 0.3 is 0 Å². The fourth-order valence-electron chi connectivity index (χ4n) is 2.94. The molecule has 5 nitrogen and oxygen atoms in total. The Morgan fingerprint density at radius 3 is 2.29 bits per heavy atom. The van der Waals surface area contributed by atoms with E-state index in [-0.39, 0.29) is 23.6 Å². The van der Waals surface area contributed by atoms with Crippen LogP contribution in [0.5, 0.6) is 0 Å². The lowest BCUT2D eigenvalue weighted by molar-refractivity contribution is 0.0560. The Balaban J connectivity index is 1.93. The maximum Gasteiger partial charge on any atom is 0.154 e. The summed E-state index contributed by atoms with van der Waals surface area (Å²) in [6.07, 6.45) is 1.29. The number of hydrogen-bond acceptors (Lipinski definition) is 5. The molecule has 0 saturated carbocycles. The monoisotopic (exact) mass is 262 g/mol. The van der Waals surface area contributed by atoms with Gasteiger partial charge in [0.25, 0.3) is 0 Å². The van der Waals surface area contributed by atoms with Crippen molar-refractivity contribution in [3.63, 3.8) is 0 Å². The fraction of sp³-hybridized carbons (Fsp3) is 1.00. The van der Waals surface area contributed by atoms with Gasteiger partial charge in [0, 0.05) is 6.04 Å². The van der Waals surface area contributed by atoms with E-state index in [0.29, 0.717) is 5.92 Å². The van der Waals surface area contributed by atoms with Gasteiger partial charge in [0.05, 0.1) is 23.7 Å². The minimum Gasteiger partial charge on any atom is -0.390 e. The molecule has 0 spiro atoms. The van der Waals surface area contributed by atoms with Crippen LogP contribution in [-0.2, 0) is 9.84 Å². The summed E-state index contributed by atoms with van der Waals surface area (Å²) < 4.78 is 22.9. The van der Waals surface area contributed by atoms with Crippen LogP contribution < -0.4 is 5.73 Å². The van der Waals surface area contributed by atoms with Gasteiger partial charge in [0.1, 0.15) is 0 Å². The van der Waals surface area contributed by atoms with E-state index < -0.39 is 15.9 Å². The number of hydrogen-bond donors (Lipinski definition) is 2. The van der Waals surface area contributed by atoms with E-state index in [2.05, 4.69) is 4.90 Å². The third-order valence-electron chi connectivity index (χ3n) is 4.08. The summed E-state index contributed by atoms with van der Waals surface area (Å²) in [6, 6.07) is 0.00316. The standard InChI is InChI=1S/C11H22N2O3S/c1-8(12)9-2-4-13(5-3-9)10-6-17(15,16)7-11(10)14/h8-11,14H,2-7,12H2,1H3. The molecule has 3 N–H and O–H groups in total. The number of piperidine rings is 1. The molecule has 2 rings (SSSR count). The maximum absolute atomic E-state index is 11.5. The molecule has 2 heterocycles. The molecule has 2 aliphatic rings. The number of likely N-dealkylation sites (tertiary alicyclic amines) is 1. The average molecular weight is 262 g/mol. The Morgan fingerprint density at radius 2 is 1.88 bits per heavy atom. The predicted octanol–water partition coefficient (Wildman–Crippen LogP) is -0.796. The van der Waals surface area contributed by atoms with E-state index >= 15 is 0 Å². The zero-order valence-electron chi connectivity index (χ0n) is 10.2. The van der Waals surface area contributed by atoms with Gasteiger partial charge in [-0.05, 0) is 38.8 Å². The molecule has 100 valence electrons. The summed E-state index contributed by atoms with van der Waals surface area (Å²) in [6.45, 7) is 3.72. The van der Waals surface area contributed by atoms with Crippen molar-refractivity contribution in [1.82, 2.24) is 4.90 Å². The average Bonchev–Trinajstić information content (AvgIpc) is 2.52. The highest BCUT2D eigenvalue weighted by Gasteiger charge is 2.40. The van der Waals surface area contributed by atoms with Gasteiger partial charge < -0.3 is 10.8 Å². The quantitative estimate of drug-likeness (QED) is 0.681. The van der Waals surface area contributed by atoms with Gasteiger partial charge in [0.15, 0.2) is 9.84 Å². The molecule has 6 heteroatoms. The Morgan fingerprint density at radius 1 is 1.29 bits per heavy atom. The lowest BCUT2D eigenvalue weighted by atomic mass is 9.90. The highest BCUT2D eigenvalue weighted by molar-refractivity contribution is 7.91. The first-order chi connectivity index (χ1) is 7.89. The Kier molecular flexibility index (Phi) is 3.77. The summed E-state index contributed by atoms with van der Waals surface area (Å²) in [4.78, 5) is 2.12. The molecule has 0 radical (unpaired) electrons. The third-order valence-corrected chi connectivity index (χ3v) is 5.78. The molecular weight excluding hydrogens is 240 g/mol. The number of sulfone groups is 1. The highest BCUT2D eigenvalue weighted by Crippen LogP contribution is 2.25. The van der Waals surface area contributed by atoms with E-state index in [0.717, 1.165) is 25.9 Å². The van der Waals surface area contributed by atoms with Crippen LogP contribution in [0, 0.1) is 5.92 Å². The van der Waals surface area contributed by atoms with Crippen molar-refractivity contribution in [2.24, 2.45) is 11.7 Å². The van der Waals surface area contributed by atoms with E-state index in [1.165, 1.54) is 0 Å². The Labute approximate surface area is 103 Å². The van der Waals surface area contributed by atoms with Crippen molar-refractivity contribution in [3.05, 3.63) is 0 Å². The van der Waals surface area contributed by atoms with Crippen molar-refractivity contribution in [2.75, 3.05) is 24.6 Å². The fourth-order valence-corrected chi connectivity index (χ4v) is 4.77. The summed E-state index contributed by atoms with van der Waals surface area (Å²) in [5.41, 5.74) is 5.87. The molecule has 3 atom stereocenters. The van der Waals surface area contributed by atoms with Gasteiger partial charge in [0.2, 0.25) is 0 Å². The predicted molar refractivity (Wildman–Crippen MR) is 66.4 cm³/mol. The van der Waals surface area contributed by atoms with Crippen LogP contribution in [0.3, 0.4) is 0 Å². The molecule has 0 amide bonds. The summed E-state index contributed by atoms with van der Waals surface area (Å²) in [7, 11) is -3.04. The SMILES string of the molecule is CC(N)C1CCN(C2CS(=O)(=O)CC2O)CC1. The van der Waals surface area contributed by atoms with Crippen LogP contribution >= 0.6 is 0 Å². The van der Waals surface area contributed by atoms with Gasteiger partial charge in [-0.1, -0.05) is 0 Å². The van der Waals surface area contributed by atoms with Crippen molar-refractivity contribution in [2.45, 2.75) is 38.0 Å². The first-order valence-corrected chi connectivity index (χ1v) is 8.09. The molecule has 0 aromatic carbocycles. The lowest BCUT2D eigenvalue weighted by Crippen LogP contribution is -2.48. The Bertz CT molecular complexity index is 361. The second-order valence-electron chi connectivity index (χ2n) is 5.44. The molecule has 3 unspecified atom stereocenters. The minimum atomic E-state index is -3.04. The second kappa shape index (κ2) is 4.84. The van der Waals surface area contributed by atoms with Crippen molar-refractivity contribution < 1.29 is 13.5 Å². The highest BCUT2D eigenvalue weighted by atomic mass is 32.2. The van der Waals surface area contributed by atoms with Crippen LogP contribution in [0.25, 0.3) is 0 Å². The van der Waals surface area contributed by atoms with Crippen molar-refractivity contribution in [3.8, 4) is 0 Å². The first-order valence-electron chi connectivity index (χ1n) is 6.27. The Hall–Kier alpha value is -0.170. The van der Waals surface area contributed by atoms with E-state index in [4.69, 9.17) is 5.73 Å². The molecular formula is C11H22N2O3S. The van der Waals surface area contributed by atoms with Gasteiger partial charge in [-0.25, -0.2) is 8.42 Å². The van der Waals surface area contributed by atoms with Crippen LogP contribution in [0.1, 0.15) is 19.8 Å². The number of aliphatic hydroxyl groups is 1. The van der Waals surface area contributed by atoms with Gasteiger partial charge in [-0.3, -0.25) is 4.90 Å². The molecule has 0 aromatic rings. The van der Waals surface area contributed by atoms with Gasteiger partial charge in [-0.2, -0.15) is 0 Å². The molecule has 0 bridgehead atoms. The van der Waals surface area contributed by atoms with E-state index in [1.54, 1.807) is 0 Å². The molecule has 2 fully saturated rings. The van der Waals surface area contributed by atoms with Crippen molar-refractivity contribution >= 4 is 9.84 Å². The van der Waals surface area contributed by atoms with Crippen LogP contribution in [0.15, 0.2) is 0 Å². The van der Waals surface area contributed by atoms with E-state index in [1.807, 2.05) is 6.92 Å². The summed E-state index contributed by atoms with van der Waals surface area (Å²) in [5, 5.41) is 9.81. The summed E-state index contributed by atoms with van der Waals surface area (Å²) >= 11 is 0. The number of aliphatic hydroxyl groups excluding tert-OH is 1. The molecule has 0 aliphatic carbocycles. The first kappa shape index (κ1) is 13.3. The van der Waals surface area contributed by atoms with Gasteiger partial charge in [-0.15, -0.1) is 0 Å². The second-order valence-corrected chi connectivity index (χ2v) is 7.60. The van der Waals surface area contributed by atoms with Crippen LogP contribution in [-0.4, -0.2) is 61.2 Å².